The van der Waals surface area contributed by atoms with E-state index in [1.54, 1.807) is 0 Å². The van der Waals surface area contributed by atoms with E-state index >= 15 is 0 Å². The Kier molecular flexibility index (Phi) is 6.29. The van der Waals surface area contributed by atoms with Gasteiger partial charge in [0.25, 0.3) is 0 Å². The van der Waals surface area contributed by atoms with Crippen molar-refractivity contribution in [2.24, 2.45) is 0 Å². The second kappa shape index (κ2) is 10.4. The summed E-state index contributed by atoms with van der Waals surface area (Å²) in [5.74, 6) is 1.77. The molecule has 9 heteroatoms. The molecular weight excluding hydrogens is 790 g/mol. The van der Waals surface area contributed by atoms with Gasteiger partial charge in [-0.3, -0.25) is 8.80 Å². The maximum atomic E-state index is 5.10. The van der Waals surface area contributed by atoms with Crippen LogP contribution in [0.4, 0.5) is 0 Å². The molecule has 0 saturated heterocycles. The number of para-hydroxylation sites is 5. The summed E-state index contributed by atoms with van der Waals surface area (Å²) < 4.78 is 11.2. The zero-order chi connectivity index (χ0) is 31.4. The number of rotatable bonds is 4. The van der Waals surface area contributed by atoms with Gasteiger partial charge in [-0.2, -0.15) is 12.1 Å². The third-order valence-corrected chi connectivity index (χ3v) is 11.2. The molecule has 0 atom stereocenters. The molecule has 48 heavy (non-hydrogen) atoms. The number of hydrogen-bond donors (Lipinski definition) is 0. The molecule has 0 aliphatic carbocycles. The smallest absolute Gasteiger partial charge is 0.358 e. The molecule has 0 aliphatic heterocycles. The molecule has 0 saturated carbocycles. The van der Waals surface area contributed by atoms with Gasteiger partial charge in [0, 0.05) is 29.4 Å². The summed E-state index contributed by atoms with van der Waals surface area (Å²) in [6.45, 7) is 7.10. The van der Waals surface area contributed by atoms with Crippen LogP contribution in [0.5, 0.6) is 0 Å². The van der Waals surface area contributed by atoms with Crippen LogP contribution in [0.3, 0.4) is 0 Å². The Balaban J connectivity index is 0.00000314. The quantitative estimate of drug-likeness (QED) is 0.133. The molecule has 5 aromatic carbocycles. The van der Waals surface area contributed by atoms with Gasteiger partial charge in [-0.05, 0) is 35.7 Å². The van der Waals surface area contributed by atoms with Gasteiger partial charge in [0.1, 0.15) is 8.07 Å². The maximum absolute atomic E-state index is 5.10. The Morgan fingerprint density at radius 3 is 2.15 bits per heavy atom. The summed E-state index contributed by atoms with van der Waals surface area (Å²) in [6.07, 6.45) is 6.20. The van der Waals surface area contributed by atoms with Crippen LogP contribution in [0, 0.1) is 12.1 Å². The monoisotopic (exact) mass is 818 g/mol. The molecule has 5 aromatic heterocycles. The Labute approximate surface area is 291 Å². The molecule has 0 N–H and O–H groups in total. The average Bonchev–Trinajstić information content (AvgIpc) is 3.89. The molecule has 0 radical (unpaired) electrons. The molecule has 0 spiro atoms. The second-order valence-corrected chi connectivity index (χ2v) is 18.2. The minimum absolute atomic E-state index is 0. The van der Waals surface area contributed by atoms with Crippen molar-refractivity contribution in [3.8, 4) is 17.1 Å². The minimum Gasteiger partial charge on any atom is -0.358 e. The van der Waals surface area contributed by atoms with E-state index in [1.807, 2.05) is 12.3 Å². The van der Waals surface area contributed by atoms with Crippen LogP contribution in [0.2, 0.25) is 19.6 Å². The van der Waals surface area contributed by atoms with E-state index in [9.17, 15) is 0 Å². The summed E-state index contributed by atoms with van der Waals surface area (Å²) in [4.78, 5) is 9.83. The standard InChI is InChI=1S/C39H29N7Si.Pt/c1-47(2,3)37-25-43(38-40-21-22-42(37)38)26-11-10-12-27(23-26)44-32-15-6-4-13-29(32)30-20-19-28(24-36(30)44)45-34-17-8-9-18-35(34)46-33-16-7-5-14-31(33)41-39(45)46;/h4-22,25H,1-3H3;/q-2;+2. The van der Waals surface area contributed by atoms with Crippen LogP contribution in [0.15, 0.2) is 122 Å². The molecule has 10 aromatic rings. The van der Waals surface area contributed by atoms with Crippen molar-refractivity contribution in [3.63, 3.8) is 0 Å². The minimum atomic E-state index is -1.63. The van der Waals surface area contributed by atoms with Crippen LogP contribution in [0.1, 0.15) is 0 Å². The van der Waals surface area contributed by atoms with Gasteiger partial charge < -0.3 is 13.7 Å². The van der Waals surface area contributed by atoms with Gasteiger partial charge in [-0.25, -0.2) is 9.97 Å². The first kappa shape index (κ1) is 29.0. The van der Waals surface area contributed by atoms with Crippen molar-refractivity contribution >= 4 is 68.8 Å². The molecule has 7 nitrogen and oxygen atoms in total. The first-order valence-electron chi connectivity index (χ1n) is 15.9. The van der Waals surface area contributed by atoms with E-state index < -0.39 is 8.07 Å². The van der Waals surface area contributed by atoms with Crippen LogP contribution in [-0.2, 0) is 21.1 Å². The van der Waals surface area contributed by atoms with Gasteiger partial charge in [0.05, 0.1) is 22.1 Å². The van der Waals surface area contributed by atoms with Crippen molar-refractivity contribution in [1.29, 1.82) is 0 Å². The average molecular weight is 819 g/mol. The first-order valence-corrected chi connectivity index (χ1v) is 19.4. The van der Waals surface area contributed by atoms with E-state index in [0.717, 1.165) is 67.1 Å². The summed E-state index contributed by atoms with van der Waals surface area (Å²) in [5, 5.41) is 3.65. The van der Waals surface area contributed by atoms with Gasteiger partial charge in [-0.1, -0.05) is 84.7 Å². The van der Waals surface area contributed by atoms with Crippen molar-refractivity contribution in [2.45, 2.75) is 19.6 Å². The van der Waals surface area contributed by atoms with Crippen molar-refractivity contribution in [3.05, 3.63) is 134 Å². The predicted octanol–water partition coefficient (Wildman–Crippen LogP) is 8.11. The summed E-state index contributed by atoms with van der Waals surface area (Å²) in [6, 6.07) is 43.7. The Bertz CT molecular complexity index is 2860. The number of hydrogen-bond acceptors (Lipinski definition) is 2. The van der Waals surface area contributed by atoms with Crippen LogP contribution >= 0.6 is 0 Å². The van der Waals surface area contributed by atoms with Gasteiger partial charge in [0.15, 0.2) is 0 Å². The second-order valence-electron chi connectivity index (χ2n) is 13.2. The van der Waals surface area contributed by atoms with Crippen LogP contribution < -0.4 is 5.32 Å². The molecule has 234 valence electrons. The number of benzene rings is 5. The van der Waals surface area contributed by atoms with E-state index in [-0.39, 0.29) is 21.1 Å². The van der Waals surface area contributed by atoms with E-state index in [1.165, 1.54) is 10.7 Å². The largest absolute Gasteiger partial charge is 2.00 e. The van der Waals surface area contributed by atoms with Crippen LogP contribution in [0.25, 0.3) is 72.5 Å². The molecule has 0 fully saturated rings. The first-order chi connectivity index (χ1) is 23.0. The third-order valence-electron chi connectivity index (χ3n) is 9.30. The molecule has 0 amide bonds. The summed E-state index contributed by atoms with van der Waals surface area (Å²) in [5.41, 5.74) is 9.19. The van der Waals surface area contributed by atoms with Gasteiger partial charge in [0.2, 0.25) is 11.6 Å². The number of fused-ring (bicyclic) bond motifs is 9. The molecule has 0 bridgehead atoms. The fourth-order valence-corrected chi connectivity index (χ4v) is 8.62. The Morgan fingerprint density at radius 1 is 0.604 bits per heavy atom. The Hall–Kier alpha value is -5.17. The molecule has 0 unspecified atom stereocenters. The van der Waals surface area contributed by atoms with Gasteiger partial charge >= 0.3 is 21.1 Å². The topological polar surface area (TPSA) is 49.4 Å². The molecule has 5 heterocycles. The van der Waals surface area contributed by atoms with Crippen molar-refractivity contribution in [2.75, 3.05) is 0 Å². The predicted molar refractivity (Wildman–Crippen MR) is 193 cm³/mol. The number of nitrogens with zero attached hydrogens (tertiary/aromatic N) is 7. The number of imidazole rings is 4. The van der Waals surface area contributed by atoms with Crippen molar-refractivity contribution in [1.82, 2.24) is 32.5 Å². The Morgan fingerprint density at radius 2 is 1.31 bits per heavy atom. The molecule has 0 aliphatic rings. The summed E-state index contributed by atoms with van der Waals surface area (Å²) in [7, 11) is -1.63. The van der Waals surface area contributed by atoms with E-state index in [2.05, 4.69) is 164 Å². The van der Waals surface area contributed by atoms with Crippen LogP contribution in [-0.4, -0.2) is 40.5 Å². The van der Waals surface area contributed by atoms with E-state index in [0.29, 0.717) is 0 Å². The molecule has 10 rings (SSSR count). The normalized spacial score (nSPS) is 12.3. The maximum Gasteiger partial charge on any atom is 2.00 e. The van der Waals surface area contributed by atoms with Crippen molar-refractivity contribution < 1.29 is 21.1 Å². The van der Waals surface area contributed by atoms with Gasteiger partial charge in [-0.15, -0.1) is 35.7 Å². The number of aromatic nitrogens is 7. The van der Waals surface area contributed by atoms with E-state index in [4.69, 9.17) is 9.97 Å². The summed E-state index contributed by atoms with van der Waals surface area (Å²) >= 11 is 0. The zero-order valence-electron chi connectivity index (χ0n) is 26.5. The third kappa shape index (κ3) is 4.03. The fraction of sp³-hybridized carbons (Fsp3) is 0.0769. The zero-order valence-corrected chi connectivity index (χ0v) is 29.8. The fourth-order valence-electron chi connectivity index (χ4n) is 7.20. The molecular formula is C39H29N7PtSi. The SMILES string of the molecule is C[Si](C)(C)c1cn(-c2[c-]c(-n3c4[c-]c(-n5c6ccccc6n6c7ccccc7nc56)ccc4c4ccccc43)ccc2)c2nccn12.[Pt+2].